The van der Waals surface area contributed by atoms with Crippen LogP contribution in [0.3, 0.4) is 0 Å². The number of para-hydroxylation sites is 1. The zero-order valence-corrected chi connectivity index (χ0v) is 16.0. The molecule has 0 radical (unpaired) electrons. The van der Waals surface area contributed by atoms with Crippen molar-refractivity contribution in [3.8, 4) is 0 Å². The Bertz CT molecular complexity index is 952. The Labute approximate surface area is 160 Å². The van der Waals surface area contributed by atoms with Gasteiger partial charge in [0, 0.05) is 24.7 Å². The third-order valence-electron chi connectivity index (χ3n) is 3.83. The molecule has 0 spiro atoms. The Hall–Kier alpha value is -3.13. The number of carbonyl (C=O) groups excluding carboxylic acids is 2. The van der Waals surface area contributed by atoms with Gasteiger partial charge in [0.1, 0.15) is 6.61 Å². The summed E-state index contributed by atoms with van der Waals surface area (Å²) >= 11 is 1.32. The molecule has 3 rings (SSSR count). The molecule has 138 valence electrons. The Morgan fingerprint density at radius 3 is 2.56 bits per heavy atom. The monoisotopic (exact) mass is 382 g/mol. The van der Waals surface area contributed by atoms with Crippen LogP contribution >= 0.6 is 11.3 Å². The SMILES string of the molecule is CC(=O)N(c1nc(COC(=O)c2cnccn2)cs1)c1c(C)cccc1C. The molecule has 0 atom stereocenters. The maximum Gasteiger partial charge on any atom is 0.358 e. The topological polar surface area (TPSA) is 85.3 Å². The number of benzene rings is 1. The smallest absolute Gasteiger partial charge is 0.358 e. The number of esters is 1. The predicted octanol–water partition coefficient (Wildman–Crippen LogP) is 3.59. The number of amides is 1. The molecular formula is C19H18N4O3S. The standard InChI is InChI=1S/C19H18N4O3S/c1-12-5-4-6-13(2)17(12)23(14(3)24)19-22-15(11-27-19)10-26-18(25)16-9-20-7-8-21-16/h4-9,11H,10H2,1-3H3. The minimum Gasteiger partial charge on any atom is -0.454 e. The van der Waals surface area contributed by atoms with Crippen molar-refractivity contribution in [2.24, 2.45) is 0 Å². The van der Waals surface area contributed by atoms with E-state index in [1.54, 1.807) is 10.3 Å². The zero-order chi connectivity index (χ0) is 19.4. The van der Waals surface area contributed by atoms with Crippen LogP contribution in [0.1, 0.15) is 34.2 Å². The van der Waals surface area contributed by atoms with Gasteiger partial charge in [-0.25, -0.2) is 14.8 Å². The first-order chi connectivity index (χ1) is 13.0. The highest BCUT2D eigenvalue weighted by molar-refractivity contribution is 7.14. The maximum absolute atomic E-state index is 12.3. The van der Waals surface area contributed by atoms with Crippen molar-refractivity contribution in [1.29, 1.82) is 0 Å². The number of aryl methyl sites for hydroxylation is 2. The van der Waals surface area contributed by atoms with Gasteiger partial charge in [0.15, 0.2) is 10.8 Å². The van der Waals surface area contributed by atoms with Gasteiger partial charge in [-0.3, -0.25) is 14.7 Å². The summed E-state index contributed by atoms with van der Waals surface area (Å²) in [6.45, 7) is 5.40. The minimum absolute atomic E-state index is 0.00952. The average Bonchev–Trinajstić information content (AvgIpc) is 3.11. The van der Waals surface area contributed by atoms with Crippen LogP contribution in [-0.2, 0) is 16.1 Å². The van der Waals surface area contributed by atoms with Crippen molar-refractivity contribution in [3.05, 3.63) is 64.7 Å². The fraction of sp³-hybridized carbons (Fsp3) is 0.211. The van der Waals surface area contributed by atoms with E-state index < -0.39 is 5.97 Å². The van der Waals surface area contributed by atoms with E-state index in [4.69, 9.17) is 4.74 Å². The number of hydrogen-bond acceptors (Lipinski definition) is 7. The number of aromatic nitrogens is 3. The first-order valence-corrected chi connectivity index (χ1v) is 9.10. The summed E-state index contributed by atoms with van der Waals surface area (Å²) in [6, 6.07) is 5.86. The molecule has 7 nitrogen and oxygen atoms in total. The van der Waals surface area contributed by atoms with Crippen molar-refractivity contribution in [1.82, 2.24) is 15.0 Å². The van der Waals surface area contributed by atoms with Crippen LogP contribution in [0.15, 0.2) is 42.2 Å². The highest BCUT2D eigenvalue weighted by atomic mass is 32.1. The fourth-order valence-electron chi connectivity index (χ4n) is 2.63. The van der Waals surface area contributed by atoms with Crippen LogP contribution in [0.4, 0.5) is 10.8 Å². The molecule has 2 aromatic heterocycles. The van der Waals surface area contributed by atoms with Crippen LogP contribution in [0, 0.1) is 13.8 Å². The summed E-state index contributed by atoms with van der Waals surface area (Å²) < 4.78 is 5.22. The molecule has 0 aliphatic rings. The van der Waals surface area contributed by atoms with Gasteiger partial charge in [-0.05, 0) is 25.0 Å². The highest BCUT2D eigenvalue weighted by Crippen LogP contribution is 2.33. The lowest BCUT2D eigenvalue weighted by molar-refractivity contribution is -0.115. The van der Waals surface area contributed by atoms with Gasteiger partial charge in [-0.1, -0.05) is 18.2 Å². The number of nitrogens with zero attached hydrogens (tertiary/aromatic N) is 4. The van der Waals surface area contributed by atoms with E-state index in [1.165, 1.54) is 36.9 Å². The lowest BCUT2D eigenvalue weighted by atomic mass is 10.1. The van der Waals surface area contributed by atoms with Crippen LogP contribution in [0.25, 0.3) is 0 Å². The van der Waals surface area contributed by atoms with Gasteiger partial charge < -0.3 is 4.74 Å². The van der Waals surface area contributed by atoms with E-state index >= 15 is 0 Å². The molecule has 0 saturated carbocycles. The van der Waals surface area contributed by atoms with Crippen LogP contribution < -0.4 is 4.90 Å². The molecule has 8 heteroatoms. The van der Waals surface area contributed by atoms with E-state index in [1.807, 2.05) is 32.0 Å². The second kappa shape index (κ2) is 8.05. The molecule has 0 N–H and O–H groups in total. The molecular weight excluding hydrogens is 364 g/mol. The Balaban J connectivity index is 1.79. The van der Waals surface area contributed by atoms with E-state index in [0.717, 1.165) is 16.8 Å². The molecule has 0 aliphatic heterocycles. The van der Waals surface area contributed by atoms with Crippen molar-refractivity contribution in [3.63, 3.8) is 0 Å². The molecule has 0 saturated heterocycles. The molecule has 3 aromatic rings. The molecule has 2 heterocycles. The van der Waals surface area contributed by atoms with Crippen molar-refractivity contribution >= 4 is 34.0 Å². The normalized spacial score (nSPS) is 10.5. The molecule has 27 heavy (non-hydrogen) atoms. The number of thiazole rings is 1. The summed E-state index contributed by atoms with van der Waals surface area (Å²) in [5, 5.41) is 2.30. The van der Waals surface area contributed by atoms with Gasteiger partial charge in [0.2, 0.25) is 5.91 Å². The third-order valence-corrected chi connectivity index (χ3v) is 4.71. The van der Waals surface area contributed by atoms with Crippen LogP contribution in [0.2, 0.25) is 0 Å². The van der Waals surface area contributed by atoms with Crippen molar-refractivity contribution in [2.75, 3.05) is 4.90 Å². The Morgan fingerprint density at radius 1 is 1.19 bits per heavy atom. The molecule has 0 fully saturated rings. The summed E-state index contributed by atoms with van der Waals surface area (Å²) in [5.41, 5.74) is 3.48. The lowest BCUT2D eigenvalue weighted by Gasteiger charge is -2.22. The summed E-state index contributed by atoms with van der Waals surface area (Å²) in [4.78, 5) is 38.1. The quantitative estimate of drug-likeness (QED) is 0.627. The number of anilines is 2. The van der Waals surface area contributed by atoms with Gasteiger partial charge in [-0.15, -0.1) is 11.3 Å². The second-order valence-electron chi connectivity index (χ2n) is 5.88. The van der Waals surface area contributed by atoms with Crippen LogP contribution in [-0.4, -0.2) is 26.8 Å². The van der Waals surface area contributed by atoms with Crippen molar-refractivity contribution < 1.29 is 14.3 Å². The van der Waals surface area contributed by atoms with E-state index in [2.05, 4.69) is 15.0 Å². The molecule has 1 aromatic carbocycles. The van der Waals surface area contributed by atoms with E-state index in [9.17, 15) is 9.59 Å². The first-order valence-electron chi connectivity index (χ1n) is 8.22. The molecule has 0 bridgehead atoms. The summed E-state index contributed by atoms with van der Waals surface area (Å²) in [5.74, 6) is -0.708. The zero-order valence-electron chi connectivity index (χ0n) is 15.2. The average molecular weight is 382 g/mol. The van der Waals surface area contributed by atoms with Gasteiger partial charge in [0.05, 0.1) is 17.6 Å². The number of rotatable bonds is 5. The van der Waals surface area contributed by atoms with Crippen LogP contribution in [0.5, 0.6) is 0 Å². The van der Waals surface area contributed by atoms with E-state index in [-0.39, 0.29) is 18.2 Å². The highest BCUT2D eigenvalue weighted by Gasteiger charge is 2.21. The Kier molecular flexibility index (Phi) is 5.56. The molecule has 0 unspecified atom stereocenters. The first kappa shape index (κ1) is 18.7. The van der Waals surface area contributed by atoms with Gasteiger partial charge >= 0.3 is 5.97 Å². The minimum atomic E-state index is -0.573. The maximum atomic E-state index is 12.3. The number of ether oxygens (including phenoxy) is 1. The Morgan fingerprint density at radius 2 is 1.93 bits per heavy atom. The number of hydrogen-bond donors (Lipinski definition) is 0. The predicted molar refractivity (Wildman–Crippen MR) is 102 cm³/mol. The second-order valence-corrected chi connectivity index (χ2v) is 6.72. The molecule has 1 amide bonds. The largest absolute Gasteiger partial charge is 0.454 e. The lowest BCUT2D eigenvalue weighted by Crippen LogP contribution is -2.24. The van der Waals surface area contributed by atoms with Crippen molar-refractivity contribution in [2.45, 2.75) is 27.4 Å². The van der Waals surface area contributed by atoms with Gasteiger partial charge in [-0.2, -0.15) is 0 Å². The number of carbonyl (C=O) groups is 2. The summed E-state index contributed by atoms with van der Waals surface area (Å²) in [6.07, 6.45) is 4.24. The third kappa shape index (κ3) is 4.17. The molecule has 0 aliphatic carbocycles. The van der Waals surface area contributed by atoms with Gasteiger partial charge in [0.25, 0.3) is 0 Å². The van der Waals surface area contributed by atoms with E-state index in [0.29, 0.717) is 10.8 Å². The fourth-order valence-corrected chi connectivity index (χ4v) is 3.49. The summed E-state index contributed by atoms with van der Waals surface area (Å²) in [7, 11) is 0.